The number of amides is 1. The van der Waals surface area contributed by atoms with Crippen LogP contribution in [0.15, 0.2) is 24.3 Å². The van der Waals surface area contributed by atoms with Crippen molar-refractivity contribution in [1.82, 2.24) is 5.32 Å². The maximum Gasteiger partial charge on any atom is 0.230 e. The predicted molar refractivity (Wildman–Crippen MR) is 91.9 cm³/mol. The molecule has 1 aliphatic rings. The van der Waals surface area contributed by atoms with E-state index in [1.807, 2.05) is 38.1 Å². The van der Waals surface area contributed by atoms with Gasteiger partial charge in [-0.05, 0) is 25.3 Å². The van der Waals surface area contributed by atoms with E-state index in [2.05, 4.69) is 5.32 Å². The molecule has 0 radical (unpaired) electrons. The molecule has 0 spiro atoms. The summed E-state index contributed by atoms with van der Waals surface area (Å²) in [6.45, 7) is 4.08. The molecule has 4 nitrogen and oxygen atoms in total. The number of rotatable bonds is 6. The first-order valence-corrected chi connectivity index (χ1v) is 10.4. The summed E-state index contributed by atoms with van der Waals surface area (Å²) in [5.74, 6) is 0.761. The summed E-state index contributed by atoms with van der Waals surface area (Å²) >= 11 is 1.45. The van der Waals surface area contributed by atoms with Crippen LogP contribution in [0.25, 0.3) is 0 Å². The zero-order chi connectivity index (χ0) is 16.2. The van der Waals surface area contributed by atoms with Crippen LogP contribution < -0.4 is 5.32 Å². The number of thioether (sulfide) groups is 1. The number of aryl methyl sites for hydroxylation is 1. The van der Waals surface area contributed by atoms with Gasteiger partial charge >= 0.3 is 0 Å². The third-order valence-electron chi connectivity index (χ3n) is 3.86. The van der Waals surface area contributed by atoms with Gasteiger partial charge < -0.3 is 5.32 Å². The maximum absolute atomic E-state index is 12.1. The standard InChI is InChI=1S/C16H23NO3S2/c1-3-15(13-6-4-12(2)5-7-13)17-16(18)10-21-14-8-9-22(19,20)11-14/h4-7,14-15H,3,8-11H2,1-2H3,(H,17,18). The van der Waals surface area contributed by atoms with Gasteiger partial charge in [-0.2, -0.15) is 0 Å². The Morgan fingerprint density at radius 2 is 2.05 bits per heavy atom. The van der Waals surface area contributed by atoms with E-state index >= 15 is 0 Å². The van der Waals surface area contributed by atoms with E-state index in [-0.39, 0.29) is 28.7 Å². The average Bonchev–Trinajstić information content (AvgIpc) is 2.83. The number of hydrogen-bond donors (Lipinski definition) is 1. The number of nitrogens with one attached hydrogen (secondary N) is 1. The lowest BCUT2D eigenvalue weighted by Gasteiger charge is -2.18. The van der Waals surface area contributed by atoms with Gasteiger partial charge in [-0.25, -0.2) is 8.42 Å². The van der Waals surface area contributed by atoms with Crippen molar-refractivity contribution < 1.29 is 13.2 Å². The highest BCUT2D eigenvalue weighted by Crippen LogP contribution is 2.24. The minimum Gasteiger partial charge on any atom is -0.349 e. The molecule has 1 heterocycles. The van der Waals surface area contributed by atoms with Crippen LogP contribution >= 0.6 is 11.8 Å². The van der Waals surface area contributed by atoms with Crippen molar-refractivity contribution in [3.05, 3.63) is 35.4 Å². The SMILES string of the molecule is CCC(NC(=O)CSC1CCS(=O)(=O)C1)c1ccc(C)cc1. The second kappa shape index (κ2) is 7.51. The first-order valence-electron chi connectivity index (χ1n) is 7.57. The summed E-state index contributed by atoms with van der Waals surface area (Å²) in [5, 5.41) is 3.10. The lowest BCUT2D eigenvalue weighted by molar-refractivity contribution is -0.119. The molecule has 0 aromatic heterocycles. The Morgan fingerprint density at radius 3 is 2.59 bits per heavy atom. The fraction of sp³-hybridized carbons (Fsp3) is 0.562. The van der Waals surface area contributed by atoms with Crippen molar-refractivity contribution in [3.63, 3.8) is 0 Å². The maximum atomic E-state index is 12.1. The van der Waals surface area contributed by atoms with E-state index in [0.717, 1.165) is 12.0 Å². The van der Waals surface area contributed by atoms with Gasteiger partial charge in [0.15, 0.2) is 9.84 Å². The second-order valence-corrected chi connectivity index (χ2v) is 9.29. The molecule has 122 valence electrons. The highest BCUT2D eigenvalue weighted by atomic mass is 32.2. The first kappa shape index (κ1) is 17.3. The molecule has 1 N–H and O–H groups in total. The Balaban J connectivity index is 1.83. The molecule has 22 heavy (non-hydrogen) atoms. The Labute approximate surface area is 137 Å². The van der Waals surface area contributed by atoms with Crippen LogP contribution in [-0.2, 0) is 14.6 Å². The van der Waals surface area contributed by atoms with Gasteiger partial charge in [0, 0.05) is 5.25 Å². The topological polar surface area (TPSA) is 63.2 Å². The van der Waals surface area contributed by atoms with Crippen molar-refractivity contribution in [2.24, 2.45) is 0 Å². The van der Waals surface area contributed by atoms with E-state index in [1.165, 1.54) is 17.3 Å². The summed E-state index contributed by atoms with van der Waals surface area (Å²) in [4.78, 5) is 12.1. The van der Waals surface area contributed by atoms with Crippen molar-refractivity contribution in [2.45, 2.75) is 38.0 Å². The Hall–Kier alpha value is -1.01. The third-order valence-corrected chi connectivity index (χ3v) is 7.15. The summed E-state index contributed by atoms with van der Waals surface area (Å²) in [5.41, 5.74) is 2.30. The molecule has 0 bridgehead atoms. The number of benzene rings is 1. The van der Waals surface area contributed by atoms with Gasteiger partial charge in [-0.3, -0.25) is 4.79 Å². The van der Waals surface area contributed by atoms with Gasteiger partial charge in [-0.15, -0.1) is 11.8 Å². The minimum atomic E-state index is -2.87. The largest absolute Gasteiger partial charge is 0.349 e. The highest BCUT2D eigenvalue weighted by molar-refractivity contribution is 8.02. The summed E-state index contributed by atoms with van der Waals surface area (Å²) in [6, 6.07) is 8.19. The van der Waals surface area contributed by atoms with Crippen LogP contribution in [0, 0.1) is 6.92 Å². The molecule has 1 fully saturated rings. The van der Waals surface area contributed by atoms with Crippen LogP contribution in [0.1, 0.15) is 36.9 Å². The molecule has 2 unspecified atom stereocenters. The van der Waals surface area contributed by atoms with E-state index in [0.29, 0.717) is 12.2 Å². The van der Waals surface area contributed by atoms with Crippen LogP contribution in [-0.4, -0.2) is 36.8 Å². The van der Waals surface area contributed by atoms with E-state index in [4.69, 9.17) is 0 Å². The molecule has 2 atom stereocenters. The highest BCUT2D eigenvalue weighted by Gasteiger charge is 2.28. The normalized spacial score (nSPS) is 21.5. The molecule has 0 aliphatic carbocycles. The van der Waals surface area contributed by atoms with Gasteiger partial charge in [0.05, 0.1) is 23.3 Å². The van der Waals surface area contributed by atoms with Crippen LogP contribution in [0.5, 0.6) is 0 Å². The number of hydrogen-bond acceptors (Lipinski definition) is 4. The molecule has 1 saturated heterocycles. The van der Waals surface area contributed by atoms with Gasteiger partial charge in [0.25, 0.3) is 0 Å². The zero-order valence-corrected chi connectivity index (χ0v) is 14.7. The second-order valence-electron chi connectivity index (χ2n) is 5.78. The van der Waals surface area contributed by atoms with Gasteiger partial charge in [0.2, 0.25) is 5.91 Å². The quantitative estimate of drug-likeness (QED) is 0.863. The summed E-state index contributed by atoms with van der Waals surface area (Å²) in [6.07, 6.45) is 1.49. The lowest BCUT2D eigenvalue weighted by Crippen LogP contribution is -2.30. The van der Waals surface area contributed by atoms with Crippen LogP contribution in [0.4, 0.5) is 0 Å². The van der Waals surface area contributed by atoms with Crippen molar-refractivity contribution in [2.75, 3.05) is 17.3 Å². The van der Waals surface area contributed by atoms with Crippen LogP contribution in [0.3, 0.4) is 0 Å². The zero-order valence-electron chi connectivity index (χ0n) is 13.0. The van der Waals surface area contributed by atoms with E-state index < -0.39 is 9.84 Å². The Bertz CT molecular complexity index is 611. The van der Waals surface area contributed by atoms with Gasteiger partial charge in [0.1, 0.15) is 0 Å². The molecule has 1 aromatic carbocycles. The van der Waals surface area contributed by atoms with E-state index in [9.17, 15) is 13.2 Å². The average molecular weight is 341 g/mol. The molecule has 2 rings (SSSR count). The monoisotopic (exact) mass is 341 g/mol. The molecular weight excluding hydrogens is 318 g/mol. The van der Waals surface area contributed by atoms with Crippen LogP contribution in [0.2, 0.25) is 0 Å². The van der Waals surface area contributed by atoms with Crippen molar-refractivity contribution in [3.8, 4) is 0 Å². The molecule has 1 aliphatic heterocycles. The fourth-order valence-corrected chi connectivity index (χ4v) is 6.00. The minimum absolute atomic E-state index is 0.0148. The number of sulfone groups is 1. The predicted octanol–water partition coefficient (Wildman–Crippen LogP) is 2.48. The molecule has 1 amide bonds. The Morgan fingerprint density at radius 1 is 1.36 bits per heavy atom. The van der Waals surface area contributed by atoms with E-state index in [1.54, 1.807) is 0 Å². The lowest BCUT2D eigenvalue weighted by atomic mass is 10.0. The summed E-state index contributed by atoms with van der Waals surface area (Å²) in [7, 11) is -2.87. The third kappa shape index (κ3) is 5.02. The van der Waals surface area contributed by atoms with Crippen molar-refractivity contribution >= 4 is 27.5 Å². The van der Waals surface area contributed by atoms with Gasteiger partial charge in [-0.1, -0.05) is 36.8 Å². The fourth-order valence-electron chi connectivity index (χ4n) is 2.54. The molecule has 6 heteroatoms. The molecule has 1 aromatic rings. The smallest absolute Gasteiger partial charge is 0.230 e. The Kier molecular flexibility index (Phi) is 5.92. The number of carbonyl (C=O) groups is 1. The van der Waals surface area contributed by atoms with Crippen molar-refractivity contribution in [1.29, 1.82) is 0 Å². The number of carbonyl (C=O) groups excluding carboxylic acids is 1. The summed E-state index contributed by atoms with van der Waals surface area (Å²) < 4.78 is 22.8. The molecule has 0 saturated carbocycles. The molecular formula is C16H23NO3S2. The first-order chi connectivity index (χ1) is 10.4.